The first kappa shape index (κ1) is 11.5. The van der Waals surface area contributed by atoms with Gasteiger partial charge in [-0.25, -0.2) is 9.78 Å². The molecule has 1 heterocycles. The number of benzene rings is 1. The van der Waals surface area contributed by atoms with Crippen molar-refractivity contribution in [2.45, 2.75) is 0 Å². The first-order chi connectivity index (χ1) is 8.09. The van der Waals surface area contributed by atoms with Crippen LogP contribution in [0.25, 0.3) is 0 Å². The number of nitrogens with one attached hydrogen (secondary N) is 1. The van der Waals surface area contributed by atoms with Gasteiger partial charge in [0, 0.05) is 10.0 Å². The zero-order chi connectivity index (χ0) is 12.4. The number of aromatic amines is 1. The SMILES string of the molecule is O=C(c1ccc(Br)cc1)c1nc[nH]c1C(=O)O. The van der Waals surface area contributed by atoms with Crippen LogP contribution in [0.3, 0.4) is 0 Å². The Morgan fingerprint density at radius 3 is 2.47 bits per heavy atom. The van der Waals surface area contributed by atoms with Crippen LogP contribution < -0.4 is 0 Å². The van der Waals surface area contributed by atoms with Crippen molar-refractivity contribution in [2.75, 3.05) is 0 Å². The van der Waals surface area contributed by atoms with E-state index in [0.717, 1.165) is 4.47 Å². The molecule has 0 amide bonds. The van der Waals surface area contributed by atoms with Crippen molar-refractivity contribution in [1.82, 2.24) is 9.97 Å². The lowest BCUT2D eigenvalue weighted by molar-refractivity contribution is 0.0687. The van der Waals surface area contributed by atoms with Crippen LogP contribution in [0.5, 0.6) is 0 Å². The molecule has 0 aliphatic rings. The molecule has 2 N–H and O–H groups in total. The Bertz CT molecular complexity index is 575. The number of carboxylic acid groups (broad SMARTS) is 1. The van der Waals surface area contributed by atoms with Gasteiger partial charge >= 0.3 is 5.97 Å². The molecule has 0 spiro atoms. The summed E-state index contributed by atoms with van der Waals surface area (Å²) in [4.78, 5) is 29.0. The van der Waals surface area contributed by atoms with Gasteiger partial charge in [-0.15, -0.1) is 0 Å². The normalized spacial score (nSPS) is 10.2. The molecule has 0 saturated heterocycles. The molecule has 86 valence electrons. The molecular weight excluding hydrogens is 288 g/mol. The number of rotatable bonds is 3. The van der Waals surface area contributed by atoms with Gasteiger partial charge in [0.15, 0.2) is 5.69 Å². The Morgan fingerprint density at radius 1 is 1.24 bits per heavy atom. The third kappa shape index (κ3) is 2.26. The van der Waals surface area contributed by atoms with E-state index < -0.39 is 11.8 Å². The maximum atomic E-state index is 12.0. The van der Waals surface area contributed by atoms with Crippen molar-refractivity contribution in [3.05, 3.63) is 52.0 Å². The highest BCUT2D eigenvalue weighted by Crippen LogP contribution is 2.15. The quantitative estimate of drug-likeness (QED) is 0.849. The fraction of sp³-hybridized carbons (Fsp3) is 0. The number of aromatic carboxylic acids is 1. The fourth-order valence-electron chi connectivity index (χ4n) is 1.37. The summed E-state index contributed by atoms with van der Waals surface area (Å²) in [7, 11) is 0. The molecule has 2 rings (SSSR count). The van der Waals surface area contributed by atoms with Gasteiger partial charge in [-0.1, -0.05) is 15.9 Å². The second-order valence-corrected chi connectivity index (χ2v) is 4.18. The molecule has 0 fully saturated rings. The minimum Gasteiger partial charge on any atom is -0.477 e. The van der Waals surface area contributed by atoms with Crippen LogP contribution in [0.2, 0.25) is 0 Å². The molecule has 0 aliphatic heterocycles. The summed E-state index contributed by atoms with van der Waals surface area (Å²) in [6, 6.07) is 6.63. The van der Waals surface area contributed by atoms with Gasteiger partial charge in [-0.2, -0.15) is 0 Å². The van der Waals surface area contributed by atoms with E-state index >= 15 is 0 Å². The Kier molecular flexibility index (Phi) is 3.06. The molecule has 5 nitrogen and oxygen atoms in total. The molecule has 0 atom stereocenters. The molecular formula is C11H7BrN2O3. The lowest BCUT2D eigenvalue weighted by Crippen LogP contribution is -2.09. The maximum Gasteiger partial charge on any atom is 0.354 e. The number of hydrogen-bond donors (Lipinski definition) is 2. The molecule has 0 bridgehead atoms. The van der Waals surface area contributed by atoms with E-state index in [0.29, 0.717) is 5.56 Å². The third-order valence-corrected chi connectivity index (χ3v) is 2.70. The van der Waals surface area contributed by atoms with Crippen molar-refractivity contribution in [3.8, 4) is 0 Å². The molecule has 0 radical (unpaired) electrons. The van der Waals surface area contributed by atoms with E-state index in [1.807, 2.05) is 0 Å². The smallest absolute Gasteiger partial charge is 0.354 e. The highest BCUT2D eigenvalue weighted by Gasteiger charge is 2.20. The molecule has 2 aromatic rings. The van der Waals surface area contributed by atoms with E-state index in [-0.39, 0.29) is 11.4 Å². The zero-order valence-electron chi connectivity index (χ0n) is 8.48. The summed E-state index contributed by atoms with van der Waals surface area (Å²) in [6.07, 6.45) is 1.19. The van der Waals surface area contributed by atoms with Crippen molar-refractivity contribution in [1.29, 1.82) is 0 Å². The number of carboxylic acids is 1. The predicted molar refractivity (Wildman–Crippen MR) is 63.1 cm³/mol. The van der Waals surface area contributed by atoms with Crippen LogP contribution in [-0.2, 0) is 0 Å². The van der Waals surface area contributed by atoms with Gasteiger partial charge in [-0.3, -0.25) is 4.79 Å². The van der Waals surface area contributed by atoms with E-state index in [1.54, 1.807) is 24.3 Å². The maximum absolute atomic E-state index is 12.0. The molecule has 6 heteroatoms. The van der Waals surface area contributed by atoms with Gasteiger partial charge in [0.2, 0.25) is 5.78 Å². The number of aromatic nitrogens is 2. The Labute approximate surface area is 105 Å². The fourth-order valence-corrected chi connectivity index (χ4v) is 1.63. The standard InChI is InChI=1S/C11H7BrN2O3/c12-7-3-1-6(2-4-7)10(15)8-9(11(16)17)14-5-13-8/h1-5H,(H,13,14)(H,16,17). The molecule has 1 aromatic carbocycles. The first-order valence-electron chi connectivity index (χ1n) is 4.66. The highest BCUT2D eigenvalue weighted by molar-refractivity contribution is 9.10. The molecule has 0 saturated carbocycles. The summed E-state index contributed by atoms with van der Waals surface area (Å²) in [5, 5.41) is 8.86. The van der Waals surface area contributed by atoms with Crippen molar-refractivity contribution in [2.24, 2.45) is 0 Å². The molecule has 0 aliphatic carbocycles. The minimum atomic E-state index is -1.21. The van der Waals surface area contributed by atoms with Crippen molar-refractivity contribution < 1.29 is 14.7 Å². The number of carbonyl (C=O) groups is 2. The van der Waals surface area contributed by atoms with Gasteiger partial charge in [0.1, 0.15) is 5.69 Å². The molecule has 17 heavy (non-hydrogen) atoms. The average Bonchev–Trinajstić information content (AvgIpc) is 2.78. The molecule has 0 unspecified atom stereocenters. The van der Waals surface area contributed by atoms with Crippen LogP contribution in [0, 0.1) is 0 Å². The minimum absolute atomic E-state index is 0.0835. The number of carbonyl (C=O) groups excluding carboxylic acids is 1. The van der Waals surface area contributed by atoms with Crippen LogP contribution in [-0.4, -0.2) is 26.8 Å². The second-order valence-electron chi connectivity index (χ2n) is 3.27. The van der Waals surface area contributed by atoms with Gasteiger partial charge in [0.05, 0.1) is 6.33 Å². The average molecular weight is 295 g/mol. The Morgan fingerprint density at radius 2 is 1.88 bits per heavy atom. The number of H-pyrrole nitrogens is 1. The number of nitrogens with zero attached hydrogens (tertiary/aromatic N) is 1. The van der Waals surface area contributed by atoms with Crippen molar-refractivity contribution >= 4 is 27.7 Å². The zero-order valence-corrected chi connectivity index (χ0v) is 10.1. The molecule has 1 aromatic heterocycles. The summed E-state index contributed by atoms with van der Waals surface area (Å²) in [5.41, 5.74) is 0.112. The largest absolute Gasteiger partial charge is 0.477 e. The number of ketones is 1. The summed E-state index contributed by atoms with van der Waals surface area (Å²) < 4.78 is 0.842. The number of hydrogen-bond acceptors (Lipinski definition) is 3. The van der Waals surface area contributed by atoms with Gasteiger partial charge < -0.3 is 10.1 Å². The van der Waals surface area contributed by atoms with Crippen LogP contribution >= 0.6 is 15.9 Å². The van der Waals surface area contributed by atoms with Gasteiger partial charge in [0.25, 0.3) is 0 Å². The predicted octanol–water partition coefficient (Wildman–Crippen LogP) is 2.10. The van der Waals surface area contributed by atoms with E-state index in [9.17, 15) is 9.59 Å². The Balaban J connectivity index is 2.40. The van der Waals surface area contributed by atoms with E-state index in [1.165, 1.54) is 6.33 Å². The van der Waals surface area contributed by atoms with E-state index in [2.05, 4.69) is 25.9 Å². The summed E-state index contributed by atoms with van der Waals surface area (Å²) >= 11 is 3.25. The van der Waals surface area contributed by atoms with E-state index in [4.69, 9.17) is 5.11 Å². The monoisotopic (exact) mass is 294 g/mol. The van der Waals surface area contributed by atoms with Crippen LogP contribution in [0.1, 0.15) is 26.5 Å². The lowest BCUT2D eigenvalue weighted by atomic mass is 10.1. The van der Waals surface area contributed by atoms with Crippen molar-refractivity contribution in [3.63, 3.8) is 0 Å². The number of imidazole rings is 1. The van der Waals surface area contributed by atoms with Gasteiger partial charge in [-0.05, 0) is 24.3 Å². The van der Waals surface area contributed by atoms with Crippen LogP contribution in [0.15, 0.2) is 35.1 Å². The number of halogens is 1. The third-order valence-electron chi connectivity index (χ3n) is 2.17. The Hall–Kier alpha value is -1.95. The lowest BCUT2D eigenvalue weighted by Gasteiger charge is -1.99. The highest BCUT2D eigenvalue weighted by atomic mass is 79.9. The first-order valence-corrected chi connectivity index (χ1v) is 5.46. The summed E-state index contributed by atoms with van der Waals surface area (Å²) in [5.74, 6) is -1.63. The summed E-state index contributed by atoms with van der Waals surface area (Å²) in [6.45, 7) is 0. The second kappa shape index (κ2) is 4.50. The van der Waals surface area contributed by atoms with Crippen LogP contribution in [0.4, 0.5) is 0 Å². The topological polar surface area (TPSA) is 83.0 Å².